The third-order valence-corrected chi connectivity index (χ3v) is 4.22. The molecule has 1 heterocycles. The summed E-state index contributed by atoms with van der Waals surface area (Å²) >= 11 is 5.65. The van der Waals surface area contributed by atoms with E-state index in [0.717, 1.165) is 5.69 Å². The van der Waals surface area contributed by atoms with Crippen LogP contribution in [0.3, 0.4) is 0 Å². The highest BCUT2D eigenvalue weighted by Gasteiger charge is 2.14. The van der Waals surface area contributed by atoms with Gasteiger partial charge in [0.05, 0.1) is 5.69 Å². The second-order valence-corrected chi connectivity index (χ2v) is 6.44. The Balaban J connectivity index is 2.28. The van der Waals surface area contributed by atoms with E-state index in [2.05, 4.69) is 9.71 Å². The van der Waals surface area contributed by atoms with Gasteiger partial charge in [0, 0.05) is 26.0 Å². The molecule has 0 aliphatic rings. The molecule has 0 unspecified atom stereocenters. The van der Waals surface area contributed by atoms with E-state index in [-0.39, 0.29) is 10.0 Å². The number of hydrogen-bond acceptors (Lipinski definition) is 4. The number of sulfonamides is 1. The number of anilines is 2. The predicted octanol–water partition coefficient (Wildman–Crippen LogP) is 2.60. The molecule has 0 saturated carbocycles. The summed E-state index contributed by atoms with van der Waals surface area (Å²) in [7, 11) is 0.109. The monoisotopic (exact) mass is 311 g/mol. The zero-order valence-corrected chi connectivity index (χ0v) is 12.6. The molecule has 2 aromatic rings. The molecule has 0 aliphatic carbocycles. The predicted molar refractivity (Wildman–Crippen MR) is 80.8 cm³/mol. The summed E-state index contributed by atoms with van der Waals surface area (Å²) in [5.74, 6) is 0. The van der Waals surface area contributed by atoms with E-state index in [0.29, 0.717) is 5.69 Å². The van der Waals surface area contributed by atoms with E-state index >= 15 is 0 Å². The fraction of sp³-hybridized carbons (Fsp3) is 0.154. The van der Waals surface area contributed by atoms with Gasteiger partial charge in [0.2, 0.25) is 0 Å². The van der Waals surface area contributed by atoms with Crippen molar-refractivity contribution < 1.29 is 8.42 Å². The zero-order valence-electron chi connectivity index (χ0n) is 11.0. The van der Waals surface area contributed by atoms with Crippen LogP contribution in [0.2, 0.25) is 5.15 Å². The maximum atomic E-state index is 12.2. The third-order valence-electron chi connectivity index (χ3n) is 2.63. The van der Waals surface area contributed by atoms with E-state index < -0.39 is 10.0 Å². The van der Waals surface area contributed by atoms with Crippen molar-refractivity contribution in [3.8, 4) is 0 Å². The van der Waals surface area contributed by atoms with Crippen molar-refractivity contribution >= 4 is 33.0 Å². The molecule has 1 aromatic heterocycles. The second-order valence-electron chi connectivity index (χ2n) is 4.37. The van der Waals surface area contributed by atoms with Gasteiger partial charge in [-0.3, -0.25) is 4.72 Å². The van der Waals surface area contributed by atoms with Gasteiger partial charge >= 0.3 is 0 Å². The number of hydrogen-bond donors (Lipinski definition) is 1. The molecule has 2 rings (SSSR count). The number of halogens is 1. The van der Waals surface area contributed by atoms with Gasteiger partial charge in [-0.25, -0.2) is 13.4 Å². The van der Waals surface area contributed by atoms with Crippen LogP contribution in [-0.4, -0.2) is 27.5 Å². The summed E-state index contributed by atoms with van der Waals surface area (Å²) in [6.07, 6.45) is 1.22. The lowest BCUT2D eigenvalue weighted by atomic mass is 10.3. The van der Waals surface area contributed by atoms with Gasteiger partial charge in [0.15, 0.2) is 0 Å². The molecular formula is C13H14ClN3O2S. The van der Waals surface area contributed by atoms with Crippen molar-refractivity contribution in [1.82, 2.24) is 4.98 Å². The van der Waals surface area contributed by atoms with Crippen LogP contribution in [0.15, 0.2) is 47.5 Å². The molecular weight excluding hydrogens is 298 g/mol. The molecule has 5 nitrogen and oxygen atoms in total. The average molecular weight is 312 g/mol. The molecule has 0 bridgehead atoms. The maximum absolute atomic E-state index is 12.2. The Bertz CT molecular complexity index is 700. The standard InChI is InChI=1S/C13H14ClN3O2S/c1-17(2)11-5-3-4-10(8-11)16-20(18,19)12-6-7-13(14)15-9-12/h3-9,16H,1-2H3. The lowest BCUT2D eigenvalue weighted by Gasteiger charge is -2.14. The molecule has 7 heteroatoms. The first kappa shape index (κ1) is 14.6. The van der Waals surface area contributed by atoms with Crippen LogP contribution in [0.5, 0.6) is 0 Å². The summed E-state index contributed by atoms with van der Waals surface area (Å²) < 4.78 is 26.9. The van der Waals surface area contributed by atoms with Crippen LogP contribution < -0.4 is 9.62 Å². The van der Waals surface area contributed by atoms with E-state index in [1.165, 1.54) is 18.3 Å². The number of nitrogens with zero attached hydrogens (tertiary/aromatic N) is 2. The zero-order chi connectivity index (χ0) is 14.8. The second kappa shape index (κ2) is 5.68. The van der Waals surface area contributed by atoms with Gasteiger partial charge in [-0.2, -0.15) is 0 Å². The molecule has 0 saturated heterocycles. The van der Waals surface area contributed by atoms with Crippen LogP contribution in [0, 0.1) is 0 Å². The van der Waals surface area contributed by atoms with E-state index in [1.54, 1.807) is 18.2 Å². The first-order valence-electron chi connectivity index (χ1n) is 5.80. The summed E-state index contributed by atoms with van der Waals surface area (Å²) in [5.41, 5.74) is 1.39. The molecule has 106 valence electrons. The van der Waals surface area contributed by atoms with Crippen molar-refractivity contribution in [3.05, 3.63) is 47.7 Å². The number of benzene rings is 1. The van der Waals surface area contributed by atoms with Crippen LogP contribution in [0.1, 0.15) is 0 Å². The number of aromatic nitrogens is 1. The largest absolute Gasteiger partial charge is 0.378 e. The Labute approximate surface area is 123 Å². The van der Waals surface area contributed by atoms with Gasteiger partial charge in [0.25, 0.3) is 10.0 Å². The smallest absolute Gasteiger partial charge is 0.263 e. The van der Waals surface area contributed by atoms with Gasteiger partial charge in [-0.15, -0.1) is 0 Å². The molecule has 0 amide bonds. The molecule has 20 heavy (non-hydrogen) atoms. The quantitative estimate of drug-likeness (QED) is 0.882. The SMILES string of the molecule is CN(C)c1cccc(NS(=O)(=O)c2ccc(Cl)nc2)c1. The summed E-state index contributed by atoms with van der Waals surface area (Å²) in [6, 6.07) is 9.96. The number of nitrogens with one attached hydrogen (secondary N) is 1. The molecule has 0 radical (unpaired) electrons. The Morgan fingerprint density at radius 3 is 2.55 bits per heavy atom. The van der Waals surface area contributed by atoms with Crippen LogP contribution in [-0.2, 0) is 10.0 Å². The number of pyridine rings is 1. The topological polar surface area (TPSA) is 62.3 Å². The van der Waals surface area contributed by atoms with E-state index in [4.69, 9.17) is 11.6 Å². The third kappa shape index (κ3) is 3.40. The van der Waals surface area contributed by atoms with E-state index in [9.17, 15) is 8.42 Å². The Kier molecular flexibility index (Phi) is 4.15. The van der Waals surface area contributed by atoms with Crippen molar-refractivity contribution in [2.45, 2.75) is 4.90 Å². The Morgan fingerprint density at radius 1 is 1.20 bits per heavy atom. The maximum Gasteiger partial charge on any atom is 0.263 e. The van der Waals surface area contributed by atoms with Crippen molar-refractivity contribution in [1.29, 1.82) is 0 Å². The van der Waals surface area contributed by atoms with E-state index in [1.807, 2.05) is 25.1 Å². The average Bonchev–Trinajstić information content (AvgIpc) is 2.39. The minimum absolute atomic E-state index is 0.0668. The molecule has 0 fully saturated rings. The first-order valence-corrected chi connectivity index (χ1v) is 7.66. The normalized spacial score (nSPS) is 11.2. The molecule has 0 spiro atoms. The molecule has 1 N–H and O–H groups in total. The van der Waals surface area contributed by atoms with Crippen LogP contribution in [0.4, 0.5) is 11.4 Å². The highest BCUT2D eigenvalue weighted by atomic mass is 35.5. The minimum Gasteiger partial charge on any atom is -0.378 e. The lowest BCUT2D eigenvalue weighted by Crippen LogP contribution is -2.14. The summed E-state index contributed by atoms with van der Waals surface area (Å²) in [6.45, 7) is 0. The van der Waals surface area contributed by atoms with Gasteiger partial charge < -0.3 is 4.90 Å². The lowest BCUT2D eigenvalue weighted by molar-refractivity contribution is 0.601. The molecule has 0 atom stereocenters. The van der Waals surface area contributed by atoms with Gasteiger partial charge in [-0.05, 0) is 30.3 Å². The van der Waals surface area contributed by atoms with Crippen LogP contribution in [0.25, 0.3) is 0 Å². The van der Waals surface area contributed by atoms with Crippen molar-refractivity contribution in [3.63, 3.8) is 0 Å². The fourth-order valence-electron chi connectivity index (χ4n) is 1.58. The van der Waals surface area contributed by atoms with Crippen LogP contribution >= 0.6 is 11.6 Å². The Hall–Kier alpha value is -1.79. The summed E-state index contributed by atoms with van der Waals surface area (Å²) in [5, 5.41) is 0.249. The highest BCUT2D eigenvalue weighted by Crippen LogP contribution is 2.21. The summed E-state index contributed by atoms with van der Waals surface area (Å²) in [4.78, 5) is 5.73. The molecule has 0 aliphatic heterocycles. The van der Waals surface area contributed by atoms with Crippen molar-refractivity contribution in [2.24, 2.45) is 0 Å². The van der Waals surface area contributed by atoms with Crippen molar-refractivity contribution in [2.75, 3.05) is 23.7 Å². The number of rotatable bonds is 4. The molecule has 1 aromatic carbocycles. The minimum atomic E-state index is -3.66. The Morgan fingerprint density at radius 2 is 1.95 bits per heavy atom. The first-order chi connectivity index (χ1) is 9.38. The van der Waals surface area contributed by atoms with Gasteiger partial charge in [-0.1, -0.05) is 17.7 Å². The highest BCUT2D eigenvalue weighted by molar-refractivity contribution is 7.92. The fourth-order valence-corrected chi connectivity index (χ4v) is 2.69. The van der Waals surface area contributed by atoms with Gasteiger partial charge in [0.1, 0.15) is 10.0 Å².